The van der Waals surface area contributed by atoms with Crippen LogP contribution in [0, 0.1) is 0 Å². The lowest BCUT2D eigenvalue weighted by Crippen LogP contribution is -2.20. The molecule has 12 rings (SSSR count). The van der Waals surface area contributed by atoms with E-state index < -0.39 is 0 Å². The number of rotatable bonds is 4. The van der Waals surface area contributed by atoms with Crippen LogP contribution in [-0.2, 0) is 17.3 Å². The van der Waals surface area contributed by atoms with Crippen LogP contribution in [0.25, 0.3) is 67.3 Å². The fourth-order valence-corrected chi connectivity index (χ4v) is 11.4. The molecule has 1 atom stereocenters. The Labute approximate surface area is 342 Å². The van der Waals surface area contributed by atoms with Gasteiger partial charge in [-0.1, -0.05) is 192 Å². The first kappa shape index (κ1) is 33.6. The highest BCUT2D eigenvalue weighted by atomic mass is 14.4. The molecule has 1 unspecified atom stereocenters. The highest BCUT2D eigenvalue weighted by Crippen LogP contribution is 2.55. The predicted molar refractivity (Wildman–Crippen MR) is 244 cm³/mol. The molecule has 0 aliphatic heterocycles. The summed E-state index contributed by atoms with van der Waals surface area (Å²) < 4.78 is 0. The Kier molecular flexibility index (Phi) is 6.96. The van der Waals surface area contributed by atoms with Crippen LogP contribution in [0.1, 0.15) is 78.1 Å². The lowest BCUT2D eigenvalue weighted by Gasteiger charge is -2.37. The molecule has 0 saturated heterocycles. The van der Waals surface area contributed by atoms with E-state index in [1.165, 1.54) is 117 Å². The Bertz CT molecular complexity index is 3080. The van der Waals surface area contributed by atoms with Crippen LogP contribution in [0.4, 0.5) is 0 Å². The zero-order valence-corrected chi connectivity index (χ0v) is 33.5. The second kappa shape index (κ2) is 12.0. The van der Waals surface area contributed by atoms with E-state index in [0.29, 0.717) is 0 Å². The van der Waals surface area contributed by atoms with Gasteiger partial charge in [0, 0.05) is 16.7 Å². The molecule has 276 valence electrons. The van der Waals surface area contributed by atoms with E-state index in [4.69, 9.17) is 0 Å². The zero-order chi connectivity index (χ0) is 38.9. The molecular weight excluding hydrogens is 697 g/mol. The Morgan fingerprint density at radius 3 is 1.55 bits per heavy atom. The second-order valence-corrected chi connectivity index (χ2v) is 17.9. The van der Waals surface area contributed by atoms with E-state index in [-0.39, 0.29) is 16.7 Å². The average Bonchev–Trinajstić information content (AvgIpc) is 3.64. The van der Waals surface area contributed by atoms with Crippen LogP contribution in [-0.4, -0.2) is 0 Å². The van der Waals surface area contributed by atoms with Crippen LogP contribution >= 0.6 is 0 Å². The van der Waals surface area contributed by atoms with Crippen LogP contribution in [0.5, 0.6) is 0 Å². The minimum atomic E-state index is -0.0449. The number of hydrogen-bond donors (Lipinski definition) is 0. The van der Waals surface area contributed by atoms with E-state index in [0.717, 1.165) is 6.42 Å². The third-order valence-corrected chi connectivity index (χ3v) is 14.3. The number of benzene rings is 7. The summed E-state index contributed by atoms with van der Waals surface area (Å²) in [5, 5.41) is 0. The summed E-state index contributed by atoms with van der Waals surface area (Å²) in [6, 6.07) is 55.1. The van der Waals surface area contributed by atoms with Crippen molar-refractivity contribution in [3.8, 4) is 55.6 Å². The Balaban J connectivity index is 0.946. The summed E-state index contributed by atoms with van der Waals surface area (Å²) >= 11 is 0. The Morgan fingerprint density at radius 2 is 0.931 bits per heavy atom. The molecule has 7 aromatic rings. The third kappa shape index (κ3) is 4.58. The summed E-state index contributed by atoms with van der Waals surface area (Å²) in [4.78, 5) is 0. The van der Waals surface area contributed by atoms with Crippen molar-refractivity contribution in [1.82, 2.24) is 0 Å². The molecule has 0 N–H and O–H groups in total. The van der Waals surface area contributed by atoms with Crippen molar-refractivity contribution >= 4 is 11.6 Å². The zero-order valence-electron chi connectivity index (χ0n) is 33.5. The number of fused-ring (bicyclic) bond motifs is 6. The molecule has 58 heavy (non-hydrogen) atoms. The summed E-state index contributed by atoms with van der Waals surface area (Å²) in [5.74, 6) is 0.205. The molecule has 0 spiro atoms. The molecule has 0 fully saturated rings. The molecule has 0 saturated carbocycles. The molecule has 0 heteroatoms. The van der Waals surface area contributed by atoms with E-state index in [9.17, 15) is 0 Å². The lowest BCUT2D eigenvalue weighted by molar-refractivity contribution is 0.660. The van der Waals surface area contributed by atoms with Crippen LogP contribution < -0.4 is 0 Å². The second-order valence-electron chi connectivity index (χ2n) is 17.9. The number of allylic oxidation sites excluding steroid dienone is 7. The van der Waals surface area contributed by atoms with E-state index >= 15 is 0 Å². The fraction of sp³-hybridized carbons (Fsp3) is 0.138. The van der Waals surface area contributed by atoms with Gasteiger partial charge in [0.15, 0.2) is 0 Å². The van der Waals surface area contributed by atoms with Gasteiger partial charge in [0.25, 0.3) is 0 Å². The molecular formula is C58H44. The van der Waals surface area contributed by atoms with Gasteiger partial charge in [0.2, 0.25) is 0 Å². The molecule has 7 aromatic carbocycles. The third-order valence-electron chi connectivity index (χ3n) is 14.3. The fourth-order valence-electron chi connectivity index (χ4n) is 11.4. The van der Waals surface area contributed by atoms with Gasteiger partial charge >= 0.3 is 0 Å². The van der Waals surface area contributed by atoms with Gasteiger partial charge in [-0.25, -0.2) is 0 Å². The van der Waals surface area contributed by atoms with Crippen molar-refractivity contribution in [3.05, 3.63) is 226 Å². The highest BCUT2D eigenvalue weighted by molar-refractivity contribution is 5.97. The molecule has 0 bridgehead atoms. The van der Waals surface area contributed by atoms with Crippen molar-refractivity contribution in [1.29, 1.82) is 0 Å². The normalized spacial score (nSPS) is 17.9. The molecule has 0 radical (unpaired) electrons. The van der Waals surface area contributed by atoms with Crippen molar-refractivity contribution in [2.24, 2.45) is 0 Å². The van der Waals surface area contributed by atoms with E-state index in [2.05, 4.69) is 204 Å². The Hall–Kier alpha value is -6.50. The molecule has 5 aliphatic carbocycles. The Morgan fingerprint density at radius 1 is 0.431 bits per heavy atom. The minimum Gasteiger partial charge on any atom is -0.0753 e. The van der Waals surface area contributed by atoms with E-state index in [1.807, 2.05) is 0 Å². The number of hydrogen-bond acceptors (Lipinski definition) is 0. The molecule has 5 aliphatic rings. The first-order valence-electron chi connectivity index (χ1n) is 20.9. The van der Waals surface area contributed by atoms with Crippen molar-refractivity contribution in [2.45, 2.75) is 50.9 Å². The SMILES string of the molecule is CC1(C)c2ccccc2-c2ccc(-c3ccccc3C3=CC=C4C=Cc5c(-c6ccccc6-c6ccc7c(c6)C(C)(C)c6ccccc6-7)ccc6c5C4C3=CC6)cc21. The summed E-state index contributed by atoms with van der Waals surface area (Å²) in [7, 11) is 0. The lowest BCUT2D eigenvalue weighted by atomic mass is 9.66. The van der Waals surface area contributed by atoms with Gasteiger partial charge in [-0.3, -0.25) is 0 Å². The van der Waals surface area contributed by atoms with Crippen molar-refractivity contribution < 1.29 is 0 Å². The highest BCUT2D eigenvalue weighted by Gasteiger charge is 2.38. The van der Waals surface area contributed by atoms with Gasteiger partial charge in [-0.2, -0.15) is 0 Å². The summed E-state index contributed by atoms with van der Waals surface area (Å²) in [6.45, 7) is 9.50. The average molecular weight is 741 g/mol. The summed E-state index contributed by atoms with van der Waals surface area (Å²) in [6.07, 6.45) is 13.0. The maximum Gasteiger partial charge on any atom is 0.0352 e. The van der Waals surface area contributed by atoms with Crippen molar-refractivity contribution in [2.75, 3.05) is 0 Å². The molecule has 0 heterocycles. The quantitative estimate of drug-likeness (QED) is 0.169. The van der Waals surface area contributed by atoms with Crippen LogP contribution in [0.2, 0.25) is 0 Å². The first-order chi connectivity index (χ1) is 28.3. The monoisotopic (exact) mass is 740 g/mol. The van der Waals surface area contributed by atoms with Gasteiger partial charge < -0.3 is 0 Å². The van der Waals surface area contributed by atoms with Gasteiger partial charge in [-0.05, 0) is 135 Å². The summed E-state index contributed by atoms with van der Waals surface area (Å²) in [5.41, 5.74) is 28.5. The van der Waals surface area contributed by atoms with E-state index in [1.54, 1.807) is 0 Å². The van der Waals surface area contributed by atoms with Gasteiger partial charge in [-0.15, -0.1) is 0 Å². The molecule has 0 amide bonds. The van der Waals surface area contributed by atoms with Crippen LogP contribution in [0.3, 0.4) is 0 Å². The molecule has 0 aromatic heterocycles. The maximum absolute atomic E-state index is 2.52. The van der Waals surface area contributed by atoms with Gasteiger partial charge in [0.1, 0.15) is 0 Å². The standard InChI is InChI=1S/C58H44/c1-57(2)51-19-11-9-17-45(51)47-29-25-37(33-53(47)57)39-13-5-7-15-41(39)43-27-21-35-24-32-50-44(28-22-36-23-31-49(43)55(35)56(36)50)42-16-8-6-14-40(42)38-26-30-48-46-18-10-12-20-52(46)58(3,4)54(48)34-38/h5-23,25-34,56H,24H2,1-4H3. The smallest absolute Gasteiger partial charge is 0.0352 e. The largest absolute Gasteiger partial charge is 0.0753 e. The van der Waals surface area contributed by atoms with Crippen molar-refractivity contribution in [3.63, 3.8) is 0 Å². The minimum absolute atomic E-state index is 0.0433. The topological polar surface area (TPSA) is 0 Å². The predicted octanol–water partition coefficient (Wildman–Crippen LogP) is 14.9. The maximum atomic E-state index is 2.52. The van der Waals surface area contributed by atoms with Crippen LogP contribution in [0.15, 0.2) is 181 Å². The van der Waals surface area contributed by atoms with Gasteiger partial charge in [0.05, 0.1) is 0 Å². The first-order valence-corrected chi connectivity index (χ1v) is 20.9. The molecule has 0 nitrogen and oxygen atoms in total.